The number of hydrogen-bond acceptors (Lipinski definition) is 3. The second-order valence-corrected chi connectivity index (χ2v) is 4.71. The van der Waals surface area contributed by atoms with Gasteiger partial charge in [-0.2, -0.15) is 31.6 Å². The van der Waals surface area contributed by atoms with Crippen molar-refractivity contribution in [2.24, 2.45) is 10.7 Å². The summed E-state index contributed by atoms with van der Waals surface area (Å²) in [4.78, 5) is 2.96. The summed E-state index contributed by atoms with van der Waals surface area (Å²) in [5.41, 5.74) is 4.35. The molecule has 0 unspecified atom stereocenters. The van der Waals surface area contributed by atoms with E-state index in [1.807, 2.05) is 0 Å². The molecule has 10 heteroatoms. The smallest absolute Gasteiger partial charge is 0.380 e. The molecule has 1 aromatic rings. The maximum absolute atomic E-state index is 12.2. The molecule has 0 aliphatic heterocycles. The monoisotopic (exact) mass is 327 g/mol. The number of nitriles is 1. The van der Waals surface area contributed by atoms with Crippen molar-refractivity contribution < 1.29 is 26.3 Å². The van der Waals surface area contributed by atoms with Crippen LogP contribution >= 0.6 is 11.8 Å². The summed E-state index contributed by atoms with van der Waals surface area (Å²) in [5, 5.41) is 8.76. The summed E-state index contributed by atoms with van der Waals surface area (Å²) in [5.74, 6) is -2.90. The van der Waals surface area contributed by atoms with E-state index in [0.29, 0.717) is 0 Å². The van der Waals surface area contributed by atoms with E-state index >= 15 is 0 Å². The largest absolute Gasteiger partial charge is 0.448 e. The topological polar surface area (TPSA) is 62.2 Å². The van der Waals surface area contributed by atoms with Gasteiger partial charge in [-0.05, 0) is 18.2 Å². The van der Waals surface area contributed by atoms with Crippen LogP contribution in [0.3, 0.4) is 0 Å². The second-order valence-electron chi connectivity index (χ2n) is 3.69. The van der Waals surface area contributed by atoms with Crippen molar-refractivity contribution >= 4 is 23.3 Å². The molecule has 2 N–H and O–H groups in total. The van der Waals surface area contributed by atoms with Crippen molar-refractivity contribution in [2.45, 2.75) is 17.2 Å². The normalized spacial score (nSPS) is 13.1. The van der Waals surface area contributed by atoms with Gasteiger partial charge in [-0.3, -0.25) is 0 Å². The molecular weight excluding hydrogens is 320 g/mol. The van der Waals surface area contributed by atoms with E-state index in [4.69, 9.17) is 11.0 Å². The Hall–Kier alpha value is -1.89. The van der Waals surface area contributed by atoms with Gasteiger partial charge in [-0.25, -0.2) is 4.99 Å². The van der Waals surface area contributed by atoms with Crippen LogP contribution in [-0.4, -0.2) is 23.9 Å². The Morgan fingerprint density at radius 3 is 2.33 bits per heavy atom. The highest BCUT2D eigenvalue weighted by Gasteiger charge is 2.33. The van der Waals surface area contributed by atoms with Crippen molar-refractivity contribution in [3.05, 3.63) is 23.8 Å². The van der Waals surface area contributed by atoms with E-state index in [0.717, 1.165) is 18.2 Å². The number of thioether (sulfide) groups is 1. The summed E-state index contributed by atoms with van der Waals surface area (Å²) in [6.07, 6.45) is -9.31. The molecule has 0 atom stereocenters. The van der Waals surface area contributed by atoms with Crippen molar-refractivity contribution in [3.63, 3.8) is 0 Å². The number of halogens is 6. The molecule has 21 heavy (non-hydrogen) atoms. The zero-order chi connectivity index (χ0) is 16.3. The molecular formula is C11H7F6N3S. The summed E-state index contributed by atoms with van der Waals surface area (Å²) in [6.45, 7) is 0. The number of benzene rings is 1. The van der Waals surface area contributed by atoms with Gasteiger partial charge in [0.2, 0.25) is 5.84 Å². The van der Waals surface area contributed by atoms with E-state index < -0.39 is 23.9 Å². The number of alkyl halides is 6. The van der Waals surface area contributed by atoms with Gasteiger partial charge in [0.25, 0.3) is 0 Å². The minimum Gasteiger partial charge on any atom is -0.380 e. The van der Waals surface area contributed by atoms with Crippen molar-refractivity contribution in [1.82, 2.24) is 0 Å². The van der Waals surface area contributed by atoms with Gasteiger partial charge in [-0.15, -0.1) is 11.8 Å². The maximum Gasteiger partial charge on any atom is 0.448 e. The molecule has 0 saturated heterocycles. The van der Waals surface area contributed by atoms with Gasteiger partial charge in [0, 0.05) is 4.90 Å². The summed E-state index contributed by atoms with van der Waals surface area (Å²) < 4.78 is 73.1. The van der Waals surface area contributed by atoms with Crippen molar-refractivity contribution in [3.8, 4) is 6.07 Å². The van der Waals surface area contributed by atoms with Crippen LogP contribution in [-0.2, 0) is 0 Å². The highest BCUT2D eigenvalue weighted by Crippen LogP contribution is 2.32. The van der Waals surface area contributed by atoms with Gasteiger partial charge < -0.3 is 5.73 Å². The molecule has 0 heterocycles. The predicted molar refractivity (Wildman–Crippen MR) is 65.3 cm³/mol. The number of hydrogen-bond donors (Lipinski definition) is 1. The highest BCUT2D eigenvalue weighted by molar-refractivity contribution is 7.99. The van der Waals surface area contributed by atoms with Crippen LogP contribution in [0.25, 0.3) is 0 Å². The fourth-order valence-corrected chi connectivity index (χ4v) is 1.95. The minimum atomic E-state index is -4.84. The molecule has 1 aromatic carbocycles. The Balaban J connectivity index is 3.09. The number of amidine groups is 1. The predicted octanol–water partition coefficient (Wildman–Crippen LogP) is 3.76. The van der Waals surface area contributed by atoms with E-state index in [2.05, 4.69) is 4.99 Å². The molecule has 0 spiro atoms. The lowest BCUT2D eigenvalue weighted by Crippen LogP contribution is -2.30. The van der Waals surface area contributed by atoms with Crippen LogP contribution < -0.4 is 5.73 Å². The lowest BCUT2D eigenvalue weighted by molar-refractivity contribution is -0.105. The summed E-state index contributed by atoms with van der Waals surface area (Å²) in [6, 6.07) is 4.75. The number of aliphatic imine (C=N–C) groups is 1. The SMILES string of the molecule is N#Cc1ccc(N=C(N)C(F)(F)F)cc1SCC(F)(F)F. The highest BCUT2D eigenvalue weighted by atomic mass is 32.2. The number of rotatable bonds is 3. The van der Waals surface area contributed by atoms with Gasteiger partial charge >= 0.3 is 12.4 Å². The van der Waals surface area contributed by atoms with Crippen LogP contribution in [0.15, 0.2) is 28.1 Å². The number of nitrogens with two attached hydrogens (primary N) is 1. The molecule has 1 rings (SSSR count). The standard InChI is InChI=1S/C11H7F6N3S/c12-10(13,14)5-21-8-3-7(2-1-6(8)4-18)20-9(19)11(15,16)17/h1-3H,5H2,(H2,19,20). The first-order valence-electron chi connectivity index (χ1n) is 5.18. The molecule has 0 fully saturated rings. The Morgan fingerprint density at radius 2 is 1.86 bits per heavy atom. The average molecular weight is 327 g/mol. The average Bonchev–Trinajstić information content (AvgIpc) is 2.34. The minimum absolute atomic E-state index is 0.0891. The third-order valence-corrected chi connectivity index (χ3v) is 3.14. The van der Waals surface area contributed by atoms with Gasteiger partial charge in [-0.1, -0.05) is 0 Å². The molecule has 0 amide bonds. The summed E-state index contributed by atoms with van der Waals surface area (Å²) in [7, 11) is 0. The lowest BCUT2D eigenvalue weighted by Gasteiger charge is -2.09. The van der Waals surface area contributed by atoms with Gasteiger partial charge in [0.05, 0.1) is 17.0 Å². The number of nitrogens with zero attached hydrogens (tertiary/aromatic N) is 2. The molecule has 0 saturated carbocycles. The lowest BCUT2D eigenvalue weighted by atomic mass is 10.2. The molecule has 0 aromatic heterocycles. The molecule has 0 bridgehead atoms. The van der Waals surface area contributed by atoms with E-state index in [-0.39, 0.29) is 27.9 Å². The van der Waals surface area contributed by atoms with Gasteiger partial charge in [0.1, 0.15) is 6.07 Å². The maximum atomic E-state index is 12.2. The third-order valence-electron chi connectivity index (χ3n) is 2.02. The zero-order valence-corrected chi connectivity index (χ0v) is 10.9. The zero-order valence-electron chi connectivity index (χ0n) is 10.1. The van der Waals surface area contributed by atoms with Gasteiger partial charge in [0.15, 0.2) is 0 Å². The van der Waals surface area contributed by atoms with Crippen molar-refractivity contribution in [2.75, 3.05) is 5.75 Å². The third kappa shape index (κ3) is 5.55. The first-order chi connectivity index (χ1) is 9.53. The van der Waals surface area contributed by atoms with Crippen LogP contribution in [0.2, 0.25) is 0 Å². The van der Waals surface area contributed by atoms with Crippen LogP contribution in [0, 0.1) is 11.3 Å². The van der Waals surface area contributed by atoms with E-state index in [9.17, 15) is 26.3 Å². The fraction of sp³-hybridized carbons (Fsp3) is 0.273. The van der Waals surface area contributed by atoms with E-state index in [1.54, 1.807) is 6.07 Å². The van der Waals surface area contributed by atoms with E-state index in [1.165, 1.54) is 0 Å². The van der Waals surface area contributed by atoms with Crippen LogP contribution in [0.1, 0.15) is 5.56 Å². The van der Waals surface area contributed by atoms with Crippen LogP contribution in [0.5, 0.6) is 0 Å². The van der Waals surface area contributed by atoms with Crippen LogP contribution in [0.4, 0.5) is 32.0 Å². The molecule has 0 radical (unpaired) electrons. The molecule has 114 valence electrons. The van der Waals surface area contributed by atoms with Crippen molar-refractivity contribution in [1.29, 1.82) is 5.26 Å². The Bertz CT molecular complexity index is 585. The molecule has 0 aliphatic rings. The quantitative estimate of drug-likeness (QED) is 0.398. The Labute approximate surface area is 119 Å². The second kappa shape index (κ2) is 6.26. The fourth-order valence-electron chi connectivity index (χ4n) is 1.15. The first-order valence-corrected chi connectivity index (χ1v) is 6.16. The summed E-state index contributed by atoms with van der Waals surface area (Å²) >= 11 is 0.288. The molecule has 3 nitrogen and oxygen atoms in total. The first kappa shape index (κ1) is 17.2. The Morgan fingerprint density at radius 1 is 1.24 bits per heavy atom. The Kier molecular flexibility index (Phi) is 5.11. The molecule has 0 aliphatic carbocycles.